The van der Waals surface area contributed by atoms with Gasteiger partial charge in [0.2, 0.25) is 0 Å². The Kier molecular flexibility index (Phi) is 7.91. The van der Waals surface area contributed by atoms with Crippen LogP contribution in [0.15, 0.2) is 29.3 Å². The van der Waals surface area contributed by atoms with E-state index in [1.54, 1.807) is 17.0 Å². The van der Waals surface area contributed by atoms with E-state index in [0.29, 0.717) is 19.6 Å². The summed E-state index contributed by atoms with van der Waals surface area (Å²) in [5.74, 6) is 0.717. The van der Waals surface area contributed by atoms with Gasteiger partial charge in [-0.1, -0.05) is 12.1 Å². The number of aliphatic imine (C=N–C) groups is 1. The van der Waals surface area contributed by atoms with Gasteiger partial charge in [-0.25, -0.2) is 9.18 Å². The van der Waals surface area contributed by atoms with E-state index in [-0.39, 0.29) is 41.9 Å². The summed E-state index contributed by atoms with van der Waals surface area (Å²) in [6, 6.07) is 6.94. The van der Waals surface area contributed by atoms with E-state index in [4.69, 9.17) is 4.74 Å². The van der Waals surface area contributed by atoms with Crippen molar-refractivity contribution in [1.82, 2.24) is 15.1 Å². The highest BCUT2D eigenvalue weighted by atomic mass is 127. The number of nitrogens with one attached hydrogen (secondary N) is 1. The van der Waals surface area contributed by atoms with Crippen molar-refractivity contribution in [1.29, 1.82) is 0 Å². The number of benzene rings is 1. The van der Waals surface area contributed by atoms with Crippen molar-refractivity contribution in [3.63, 3.8) is 0 Å². The van der Waals surface area contributed by atoms with Gasteiger partial charge in [-0.2, -0.15) is 0 Å². The first-order chi connectivity index (χ1) is 12.8. The predicted molar refractivity (Wildman–Crippen MR) is 119 cm³/mol. The minimum atomic E-state index is -0.477. The highest BCUT2D eigenvalue weighted by Crippen LogP contribution is 2.18. The molecule has 0 radical (unpaired) electrons. The van der Waals surface area contributed by atoms with Gasteiger partial charge in [0.25, 0.3) is 0 Å². The number of amides is 1. The van der Waals surface area contributed by atoms with Gasteiger partial charge in [0.15, 0.2) is 5.96 Å². The van der Waals surface area contributed by atoms with Gasteiger partial charge < -0.3 is 19.9 Å². The molecule has 1 atom stereocenters. The van der Waals surface area contributed by atoms with Crippen LogP contribution in [0.4, 0.5) is 9.18 Å². The summed E-state index contributed by atoms with van der Waals surface area (Å²) < 4.78 is 18.7. The molecular weight excluding hydrogens is 474 g/mol. The maximum Gasteiger partial charge on any atom is 0.410 e. The van der Waals surface area contributed by atoms with E-state index >= 15 is 0 Å². The highest BCUT2D eigenvalue weighted by molar-refractivity contribution is 14.0. The zero-order valence-electron chi connectivity index (χ0n) is 16.8. The number of carbonyl (C=O) groups excluding carboxylic acids is 1. The number of hydrogen-bond acceptors (Lipinski definition) is 5. The Bertz CT molecular complexity index is 708. The molecule has 1 unspecified atom stereocenters. The number of rotatable bonds is 4. The molecule has 0 aliphatic carbocycles. The molecule has 2 heterocycles. The van der Waals surface area contributed by atoms with Gasteiger partial charge >= 0.3 is 6.09 Å². The van der Waals surface area contributed by atoms with Crippen molar-refractivity contribution in [3.05, 3.63) is 35.6 Å². The molecule has 6 nitrogen and oxygen atoms in total. The molecule has 2 aliphatic heterocycles. The van der Waals surface area contributed by atoms with Gasteiger partial charge in [-0.05, 0) is 51.3 Å². The Morgan fingerprint density at radius 1 is 1.36 bits per heavy atom. The second-order valence-electron chi connectivity index (χ2n) is 8.10. The zero-order valence-corrected chi connectivity index (χ0v) is 19.1. The van der Waals surface area contributed by atoms with Crippen molar-refractivity contribution in [2.45, 2.75) is 45.3 Å². The third-order valence-corrected chi connectivity index (χ3v) is 4.67. The molecule has 8 heteroatoms. The molecule has 2 aliphatic rings. The molecule has 0 bridgehead atoms. The molecule has 1 aromatic rings. The van der Waals surface area contributed by atoms with Crippen LogP contribution in [0.2, 0.25) is 0 Å². The lowest BCUT2D eigenvalue weighted by Crippen LogP contribution is -2.57. The minimum absolute atomic E-state index is 0. The first kappa shape index (κ1) is 22.7. The summed E-state index contributed by atoms with van der Waals surface area (Å²) >= 11 is 0. The molecule has 3 rings (SSSR count). The van der Waals surface area contributed by atoms with E-state index in [0.717, 1.165) is 37.5 Å². The molecule has 1 amide bonds. The zero-order chi connectivity index (χ0) is 19.4. The van der Waals surface area contributed by atoms with Gasteiger partial charge in [-0.15, -0.1) is 24.0 Å². The van der Waals surface area contributed by atoms with Gasteiger partial charge in [0, 0.05) is 26.2 Å². The second-order valence-corrected chi connectivity index (χ2v) is 8.10. The van der Waals surface area contributed by atoms with E-state index in [2.05, 4.69) is 15.2 Å². The number of fused-ring (bicyclic) bond motifs is 1. The summed E-state index contributed by atoms with van der Waals surface area (Å²) in [7, 11) is 0. The van der Waals surface area contributed by atoms with Crippen LogP contribution in [0.1, 0.15) is 32.8 Å². The smallest absolute Gasteiger partial charge is 0.410 e. The highest BCUT2D eigenvalue weighted by Gasteiger charge is 2.36. The summed E-state index contributed by atoms with van der Waals surface area (Å²) in [6.45, 7) is 9.13. The number of halogens is 2. The largest absolute Gasteiger partial charge is 0.444 e. The molecule has 0 spiro atoms. The SMILES string of the molecule is CC(C)(C)OC(=O)N1CCN2C(NCCCc3cccc(F)c3)=NCC2C1.I. The van der Waals surface area contributed by atoms with Crippen molar-refractivity contribution in [3.8, 4) is 0 Å². The molecule has 28 heavy (non-hydrogen) atoms. The van der Waals surface area contributed by atoms with Crippen molar-refractivity contribution in [2.24, 2.45) is 4.99 Å². The maximum absolute atomic E-state index is 13.2. The van der Waals surface area contributed by atoms with Crippen LogP contribution in [0.5, 0.6) is 0 Å². The fourth-order valence-corrected chi connectivity index (χ4v) is 3.41. The molecule has 156 valence electrons. The molecule has 1 aromatic carbocycles. The van der Waals surface area contributed by atoms with Gasteiger partial charge in [0.05, 0.1) is 12.6 Å². The molecule has 1 saturated heterocycles. The lowest BCUT2D eigenvalue weighted by molar-refractivity contribution is 0.0137. The first-order valence-electron chi connectivity index (χ1n) is 9.59. The fraction of sp³-hybridized carbons (Fsp3) is 0.600. The summed E-state index contributed by atoms with van der Waals surface area (Å²) in [5, 5.41) is 3.40. The minimum Gasteiger partial charge on any atom is -0.444 e. The molecule has 0 aromatic heterocycles. The number of aryl methyl sites for hydroxylation is 1. The molecule has 0 saturated carbocycles. The summed E-state index contributed by atoms with van der Waals surface area (Å²) in [6.07, 6.45) is 1.48. The van der Waals surface area contributed by atoms with Crippen molar-refractivity contribution < 1.29 is 13.9 Å². The second kappa shape index (κ2) is 9.76. The monoisotopic (exact) mass is 504 g/mol. The van der Waals surface area contributed by atoms with Crippen LogP contribution in [-0.2, 0) is 11.2 Å². The Labute approximate surface area is 183 Å². The Morgan fingerprint density at radius 3 is 2.86 bits per heavy atom. The summed E-state index contributed by atoms with van der Waals surface area (Å²) in [5.41, 5.74) is 0.531. The van der Waals surface area contributed by atoms with Gasteiger partial charge in [0.1, 0.15) is 11.4 Å². The topological polar surface area (TPSA) is 57.2 Å². The van der Waals surface area contributed by atoms with Crippen molar-refractivity contribution in [2.75, 3.05) is 32.7 Å². The maximum atomic E-state index is 13.2. The van der Waals surface area contributed by atoms with Crippen LogP contribution in [0.3, 0.4) is 0 Å². The van der Waals surface area contributed by atoms with Crippen molar-refractivity contribution >= 4 is 36.0 Å². The lowest BCUT2D eigenvalue weighted by atomic mass is 10.1. The van der Waals surface area contributed by atoms with E-state index < -0.39 is 5.60 Å². The van der Waals surface area contributed by atoms with E-state index in [9.17, 15) is 9.18 Å². The lowest BCUT2D eigenvalue weighted by Gasteiger charge is -2.39. The number of nitrogens with zero attached hydrogens (tertiary/aromatic N) is 3. The van der Waals surface area contributed by atoms with E-state index in [1.807, 2.05) is 26.8 Å². The van der Waals surface area contributed by atoms with Gasteiger partial charge in [-0.3, -0.25) is 4.99 Å². The van der Waals surface area contributed by atoms with E-state index in [1.165, 1.54) is 6.07 Å². The Morgan fingerprint density at radius 2 is 2.14 bits per heavy atom. The Balaban J connectivity index is 0.00000280. The number of ether oxygens (including phenoxy) is 1. The van der Waals surface area contributed by atoms with Crippen LogP contribution in [0, 0.1) is 5.82 Å². The first-order valence-corrected chi connectivity index (χ1v) is 9.59. The van der Waals surface area contributed by atoms with Crippen LogP contribution in [-0.4, -0.2) is 66.2 Å². The molecule has 1 fully saturated rings. The predicted octanol–water partition coefficient (Wildman–Crippen LogP) is 3.26. The molecule has 1 N–H and O–H groups in total. The standard InChI is InChI=1S/C20H29FN4O2.HI/c1-20(2,3)27-19(26)24-10-11-25-17(14-24)13-23-18(25)22-9-5-7-15-6-4-8-16(21)12-15;/h4,6,8,12,17H,5,7,9-11,13-14H2,1-3H3,(H,22,23);1H. The van der Waals surface area contributed by atoms with Crippen LogP contribution < -0.4 is 5.32 Å². The van der Waals surface area contributed by atoms with Crippen LogP contribution >= 0.6 is 24.0 Å². The average Bonchev–Trinajstić information content (AvgIpc) is 2.99. The fourth-order valence-electron chi connectivity index (χ4n) is 3.41. The Hall–Kier alpha value is -1.58. The summed E-state index contributed by atoms with van der Waals surface area (Å²) in [4.78, 5) is 20.9. The number of guanidine groups is 1. The average molecular weight is 504 g/mol. The molecular formula is C20H30FIN4O2. The third-order valence-electron chi connectivity index (χ3n) is 4.67. The normalized spacial score (nSPS) is 18.9. The van der Waals surface area contributed by atoms with Crippen LogP contribution in [0.25, 0.3) is 0 Å². The number of piperazine rings is 1. The third kappa shape index (κ3) is 6.22. The number of hydrogen-bond donors (Lipinski definition) is 1. The quantitative estimate of drug-likeness (QED) is 0.506. The number of carbonyl (C=O) groups is 1.